The number of carbonyl (C=O) groups is 1. The molecular weight excluding hydrogens is 309 g/mol. The van der Waals surface area contributed by atoms with Gasteiger partial charge in [0, 0.05) is 22.9 Å². The van der Waals surface area contributed by atoms with Gasteiger partial charge in [0.25, 0.3) is 0 Å². The topological polar surface area (TPSA) is 58.4 Å². The first-order valence-electron chi connectivity index (χ1n) is 6.46. The van der Waals surface area contributed by atoms with Gasteiger partial charge in [0.15, 0.2) is 0 Å². The third kappa shape index (κ3) is 2.77. The van der Waals surface area contributed by atoms with Crippen LogP contribution in [0.2, 0.25) is 10.0 Å². The van der Waals surface area contributed by atoms with Crippen molar-refractivity contribution in [2.75, 3.05) is 22.5 Å². The molecule has 0 atom stereocenters. The molecule has 0 spiro atoms. The number of halogens is 2. The first-order chi connectivity index (χ1) is 10.0. The zero-order valence-corrected chi connectivity index (χ0v) is 12.6. The molecule has 3 rings (SSSR count). The molecule has 1 heterocycles. The number of nitrogen functional groups attached to an aromatic ring is 1. The fourth-order valence-electron chi connectivity index (χ4n) is 2.41. The van der Waals surface area contributed by atoms with E-state index in [0.717, 1.165) is 17.7 Å². The van der Waals surface area contributed by atoms with Crippen molar-refractivity contribution in [1.82, 2.24) is 0 Å². The zero-order valence-electron chi connectivity index (χ0n) is 11.1. The molecule has 0 aliphatic carbocycles. The summed E-state index contributed by atoms with van der Waals surface area (Å²) in [6, 6.07) is 10.3. The van der Waals surface area contributed by atoms with Crippen LogP contribution >= 0.6 is 23.2 Å². The highest BCUT2D eigenvalue weighted by Crippen LogP contribution is 2.31. The summed E-state index contributed by atoms with van der Waals surface area (Å²) in [5, 5.41) is 3.75. The van der Waals surface area contributed by atoms with Gasteiger partial charge >= 0.3 is 6.03 Å². The van der Waals surface area contributed by atoms with Crippen LogP contribution in [-0.2, 0) is 6.42 Å². The Morgan fingerprint density at radius 1 is 1.19 bits per heavy atom. The van der Waals surface area contributed by atoms with E-state index < -0.39 is 0 Å². The minimum Gasteiger partial charge on any atom is -0.399 e. The van der Waals surface area contributed by atoms with Crippen molar-refractivity contribution in [2.24, 2.45) is 0 Å². The maximum absolute atomic E-state index is 12.4. The van der Waals surface area contributed by atoms with Crippen LogP contribution < -0.4 is 16.0 Å². The lowest BCUT2D eigenvalue weighted by molar-refractivity contribution is 0.257. The fraction of sp³-hybridized carbons (Fsp3) is 0.133. The van der Waals surface area contributed by atoms with Gasteiger partial charge in [-0.15, -0.1) is 0 Å². The molecule has 3 N–H and O–H groups in total. The number of carbonyl (C=O) groups excluding carboxylic acids is 1. The number of benzene rings is 2. The van der Waals surface area contributed by atoms with E-state index in [1.54, 1.807) is 29.2 Å². The van der Waals surface area contributed by atoms with Gasteiger partial charge in [0.1, 0.15) is 0 Å². The van der Waals surface area contributed by atoms with E-state index in [9.17, 15) is 4.79 Å². The van der Waals surface area contributed by atoms with Crippen LogP contribution in [0.1, 0.15) is 5.56 Å². The van der Waals surface area contributed by atoms with Crippen LogP contribution in [0.3, 0.4) is 0 Å². The van der Waals surface area contributed by atoms with Gasteiger partial charge in [-0.2, -0.15) is 0 Å². The van der Waals surface area contributed by atoms with Crippen LogP contribution in [0.5, 0.6) is 0 Å². The average molecular weight is 322 g/mol. The lowest BCUT2D eigenvalue weighted by Gasteiger charge is -2.18. The number of amides is 2. The molecule has 0 aromatic heterocycles. The summed E-state index contributed by atoms with van der Waals surface area (Å²) < 4.78 is 0. The molecule has 0 fully saturated rings. The highest BCUT2D eigenvalue weighted by Gasteiger charge is 2.25. The Hall–Kier alpha value is -1.91. The van der Waals surface area contributed by atoms with Gasteiger partial charge in [0.05, 0.1) is 10.7 Å². The lowest BCUT2D eigenvalue weighted by atomic mass is 10.1. The summed E-state index contributed by atoms with van der Waals surface area (Å²) in [6.07, 6.45) is 0.789. The smallest absolute Gasteiger partial charge is 0.326 e. The number of fused-ring (bicyclic) bond motifs is 1. The summed E-state index contributed by atoms with van der Waals surface area (Å²) in [6.45, 7) is 0.614. The average Bonchev–Trinajstić information content (AvgIpc) is 2.85. The van der Waals surface area contributed by atoms with Gasteiger partial charge in [-0.3, -0.25) is 4.90 Å². The van der Waals surface area contributed by atoms with Gasteiger partial charge in [0.2, 0.25) is 0 Å². The predicted molar refractivity (Wildman–Crippen MR) is 87.4 cm³/mol. The molecule has 0 saturated heterocycles. The minimum absolute atomic E-state index is 0.234. The second-order valence-corrected chi connectivity index (χ2v) is 5.69. The van der Waals surface area contributed by atoms with Crippen molar-refractivity contribution < 1.29 is 4.79 Å². The largest absolute Gasteiger partial charge is 0.399 e. The molecular formula is C15H13Cl2N3O. The molecule has 21 heavy (non-hydrogen) atoms. The first-order valence-corrected chi connectivity index (χ1v) is 7.22. The molecule has 0 unspecified atom stereocenters. The molecule has 1 aliphatic rings. The number of urea groups is 1. The van der Waals surface area contributed by atoms with Gasteiger partial charge < -0.3 is 11.1 Å². The number of nitrogens with one attached hydrogen (secondary N) is 1. The van der Waals surface area contributed by atoms with E-state index >= 15 is 0 Å². The van der Waals surface area contributed by atoms with Gasteiger partial charge in [-0.25, -0.2) is 4.79 Å². The van der Waals surface area contributed by atoms with E-state index in [1.165, 1.54) is 0 Å². The van der Waals surface area contributed by atoms with Crippen molar-refractivity contribution >= 4 is 46.3 Å². The standard InChI is InChI=1S/C15H13Cl2N3O/c16-10-1-3-12(17)13(8-10)19-15(21)20-6-5-9-7-11(18)2-4-14(9)20/h1-4,7-8H,5-6,18H2,(H,19,21). The van der Waals surface area contributed by atoms with Crippen molar-refractivity contribution in [2.45, 2.75) is 6.42 Å². The third-order valence-electron chi connectivity index (χ3n) is 3.41. The Labute approximate surface area is 132 Å². The number of hydrogen-bond donors (Lipinski definition) is 2. The Kier molecular flexibility index (Phi) is 3.66. The summed E-state index contributed by atoms with van der Waals surface area (Å²) in [4.78, 5) is 14.1. The molecule has 2 amide bonds. The van der Waals surface area contributed by atoms with Crippen LogP contribution in [0.25, 0.3) is 0 Å². The maximum atomic E-state index is 12.4. The van der Waals surface area contributed by atoms with E-state index in [1.807, 2.05) is 12.1 Å². The second-order valence-electron chi connectivity index (χ2n) is 4.84. The van der Waals surface area contributed by atoms with E-state index in [2.05, 4.69) is 5.32 Å². The maximum Gasteiger partial charge on any atom is 0.326 e. The fourth-order valence-corrected chi connectivity index (χ4v) is 2.75. The van der Waals surface area contributed by atoms with Crippen LogP contribution in [-0.4, -0.2) is 12.6 Å². The molecule has 2 aromatic rings. The molecule has 0 saturated carbocycles. The highest BCUT2D eigenvalue weighted by molar-refractivity contribution is 6.35. The van der Waals surface area contributed by atoms with E-state index in [-0.39, 0.29) is 6.03 Å². The summed E-state index contributed by atoms with van der Waals surface area (Å²) >= 11 is 12.0. The monoisotopic (exact) mass is 321 g/mol. The summed E-state index contributed by atoms with van der Waals surface area (Å²) in [7, 11) is 0. The Morgan fingerprint density at radius 2 is 2.00 bits per heavy atom. The Morgan fingerprint density at radius 3 is 2.81 bits per heavy atom. The van der Waals surface area contributed by atoms with Crippen molar-refractivity contribution in [3.05, 3.63) is 52.0 Å². The molecule has 1 aliphatic heterocycles. The van der Waals surface area contributed by atoms with Crippen LogP contribution in [0, 0.1) is 0 Å². The number of nitrogens with zero attached hydrogens (tertiary/aromatic N) is 1. The SMILES string of the molecule is Nc1ccc2c(c1)CCN2C(=O)Nc1cc(Cl)ccc1Cl. The minimum atomic E-state index is -0.234. The van der Waals surface area contributed by atoms with E-state index in [4.69, 9.17) is 28.9 Å². The molecule has 0 bridgehead atoms. The Balaban J connectivity index is 1.83. The summed E-state index contributed by atoms with van der Waals surface area (Å²) in [5.74, 6) is 0. The Bertz CT molecular complexity index is 718. The molecule has 2 aromatic carbocycles. The van der Waals surface area contributed by atoms with Crippen LogP contribution in [0.4, 0.5) is 21.9 Å². The van der Waals surface area contributed by atoms with Gasteiger partial charge in [-0.1, -0.05) is 23.2 Å². The first kappa shape index (κ1) is 14.0. The lowest BCUT2D eigenvalue weighted by Crippen LogP contribution is -2.33. The number of hydrogen-bond acceptors (Lipinski definition) is 2. The van der Waals surface area contributed by atoms with Crippen molar-refractivity contribution in [1.29, 1.82) is 0 Å². The third-order valence-corrected chi connectivity index (χ3v) is 3.98. The number of anilines is 3. The molecule has 4 nitrogen and oxygen atoms in total. The molecule has 6 heteroatoms. The molecule has 108 valence electrons. The zero-order chi connectivity index (χ0) is 15.0. The van der Waals surface area contributed by atoms with E-state index in [0.29, 0.717) is 28.0 Å². The van der Waals surface area contributed by atoms with Crippen molar-refractivity contribution in [3.63, 3.8) is 0 Å². The van der Waals surface area contributed by atoms with Crippen molar-refractivity contribution in [3.8, 4) is 0 Å². The summed E-state index contributed by atoms with van der Waals surface area (Å²) in [5.41, 5.74) is 8.91. The molecule has 0 radical (unpaired) electrons. The van der Waals surface area contributed by atoms with Gasteiger partial charge in [-0.05, 0) is 48.4 Å². The predicted octanol–water partition coefficient (Wildman–Crippen LogP) is 4.17. The number of nitrogens with two attached hydrogens (primary N) is 1. The second kappa shape index (κ2) is 5.47. The quantitative estimate of drug-likeness (QED) is 0.774. The van der Waals surface area contributed by atoms with Crippen LogP contribution in [0.15, 0.2) is 36.4 Å². The normalized spacial score (nSPS) is 13.1. The number of rotatable bonds is 1. The highest BCUT2D eigenvalue weighted by atomic mass is 35.5.